The Morgan fingerprint density at radius 2 is 1.70 bits per heavy atom. The molecule has 33 heavy (non-hydrogen) atoms. The molecule has 0 spiro atoms. The van der Waals surface area contributed by atoms with Gasteiger partial charge >= 0.3 is 0 Å². The number of thiocarbonyl (C=S) groups is 1. The van der Waals surface area contributed by atoms with Crippen LogP contribution in [0.15, 0.2) is 71.6 Å². The summed E-state index contributed by atoms with van der Waals surface area (Å²) in [5, 5.41) is 6.61. The maximum absolute atomic E-state index is 13.1. The van der Waals surface area contributed by atoms with Crippen LogP contribution in [-0.4, -0.2) is 34.3 Å². The molecule has 0 aromatic heterocycles. The molecule has 3 rings (SSSR count). The number of methoxy groups -OCH3 is 2. The molecule has 174 valence electrons. The van der Waals surface area contributed by atoms with Crippen LogP contribution in [0.4, 0.5) is 11.4 Å². The lowest BCUT2D eigenvalue weighted by molar-refractivity contribution is 0.414. The molecule has 0 heterocycles. The van der Waals surface area contributed by atoms with Gasteiger partial charge in [-0.1, -0.05) is 30.3 Å². The van der Waals surface area contributed by atoms with E-state index in [1.807, 2.05) is 24.3 Å². The summed E-state index contributed by atoms with van der Waals surface area (Å²) in [7, 11) is -0.710. The van der Waals surface area contributed by atoms with E-state index in [1.54, 1.807) is 56.5 Å². The minimum atomic E-state index is -3.84. The molecule has 9 heteroatoms. The Bertz CT molecular complexity index is 1210. The molecule has 0 radical (unpaired) electrons. The van der Waals surface area contributed by atoms with Crippen molar-refractivity contribution in [1.29, 1.82) is 0 Å². The number of rotatable bonds is 9. The first-order chi connectivity index (χ1) is 15.8. The lowest BCUT2D eigenvalue weighted by atomic mass is 10.1. The third kappa shape index (κ3) is 6.59. The summed E-state index contributed by atoms with van der Waals surface area (Å²) in [5.74, 6) is 1.25. The van der Waals surface area contributed by atoms with Crippen molar-refractivity contribution >= 4 is 38.7 Å². The number of aryl methyl sites for hydroxylation is 1. The normalized spacial score (nSPS) is 10.9. The molecule has 7 nitrogen and oxygen atoms in total. The molecule has 0 aliphatic rings. The van der Waals surface area contributed by atoms with E-state index in [0.29, 0.717) is 34.3 Å². The van der Waals surface area contributed by atoms with Crippen molar-refractivity contribution in [2.24, 2.45) is 0 Å². The maximum atomic E-state index is 13.1. The van der Waals surface area contributed by atoms with Crippen LogP contribution < -0.4 is 24.8 Å². The van der Waals surface area contributed by atoms with E-state index in [-0.39, 0.29) is 4.90 Å². The number of para-hydroxylation sites is 2. The van der Waals surface area contributed by atoms with Gasteiger partial charge in [0, 0.05) is 12.2 Å². The molecular formula is C24H27N3O4S2. The zero-order chi connectivity index (χ0) is 23.8. The van der Waals surface area contributed by atoms with Crippen LogP contribution in [-0.2, 0) is 16.4 Å². The highest BCUT2D eigenvalue weighted by atomic mass is 32.2. The molecule has 0 saturated carbocycles. The van der Waals surface area contributed by atoms with Crippen molar-refractivity contribution in [1.82, 2.24) is 5.32 Å². The van der Waals surface area contributed by atoms with Gasteiger partial charge in [0.1, 0.15) is 11.5 Å². The van der Waals surface area contributed by atoms with Gasteiger partial charge in [-0.3, -0.25) is 4.72 Å². The fourth-order valence-corrected chi connectivity index (χ4v) is 4.75. The van der Waals surface area contributed by atoms with Crippen LogP contribution in [0.2, 0.25) is 0 Å². The predicted molar refractivity (Wildman–Crippen MR) is 136 cm³/mol. The quantitative estimate of drug-likeness (QED) is 0.389. The monoisotopic (exact) mass is 485 g/mol. The molecular weight excluding hydrogens is 458 g/mol. The Morgan fingerprint density at radius 3 is 2.39 bits per heavy atom. The Kier molecular flexibility index (Phi) is 8.13. The minimum Gasteiger partial charge on any atom is -0.497 e. The first kappa shape index (κ1) is 24.3. The van der Waals surface area contributed by atoms with Crippen molar-refractivity contribution in [3.05, 3.63) is 77.9 Å². The van der Waals surface area contributed by atoms with Crippen molar-refractivity contribution in [2.75, 3.05) is 30.8 Å². The number of hydrogen-bond donors (Lipinski definition) is 3. The zero-order valence-corrected chi connectivity index (χ0v) is 20.3. The average molecular weight is 486 g/mol. The number of anilines is 2. The number of hydrogen-bond acceptors (Lipinski definition) is 5. The van der Waals surface area contributed by atoms with Gasteiger partial charge in [0.2, 0.25) is 0 Å². The molecule has 3 N–H and O–H groups in total. The second-order valence-corrected chi connectivity index (χ2v) is 9.32. The highest BCUT2D eigenvalue weighted by Crippen LogP contribution is 2.28. The van der Waals surface area contributed by atoms with Crippen molar-refractivity contribution in [3.63, 3.8) is 0 Å². The topological polar surface area (TPSA) is 88.7 Å². The van der Waals surface area contributed by atoms with Gasteiger partial charge < -0.3 is 20.1 Å². The number of ether oxygens (including phenoxy) is 2. The highest BCUT2D eigenvalue weighted by Gasteiger charge is 2.19. The fraction of sp³-hybridized carbons (Fsp3) is 0.208. The minimum absolute atomic E-state index is 0.152. The molecule has 0 unspecified atom stereocenters. The third-order valence-electron chi connectivity index (χ3n) is 4.95. The van der Waals surface area contributed by atoms with Gasteiger partial charge in [-0.25, -0.2) is 8.42 Å². The molecule has 0 fully saturated rings. The van der Waals surface area contributed by atoms with Gasteiger partial charge in [-0.2, -0.15) is 0 Å². The Labute approximate surface area is 200 Å². The molecule has 0 saturated heterocycles. The van der Waals surface area contributed by atoms with Crippen molar-refractivity contribution < 1.29 is 17.9 Å². The second kappa shape index (κ2) is 11.0. The van der Waals surface area contributed by atoms with E-state index >= 15 is 0 Å². The van der Waals surface area contributed by atoms with Gasteiger partial charge in [0.15, 0.2) is 5.11 Å². The SMILES string of the molecule is COc1ccc(CCNC(=S)Nc2ccc(C)c(S(=O)(=O)Nc3ccccc3OC)c2)cc1. The van der Waals surface area contributed by atoms with Crippen molar-refractivity contribution in [3.8, 4) is 11.5 Å². The molecule has 0 amide bonds. The van der Waals surface area contributed by atoms with Crippen molar-refractivity contribution in [2.45, 2.75) is 18.2 Å². The molecule has 0 bridgehead atoms. The van der Waals surface area contributed by atoms with Gasteiger partial charge in [0.25, 0.3) is 10.0 Å². The number of sulfonamides is 1. The lowest BCUT2D eigenvalue weighted by Crippen LogP contribution is -2.30. The van der Waals surface area contributed by atoms with Gasteiger partial charge in [-0.05, 0) is 73.1 Å². The number of nitrogens with one attached hydrogen (secondary N) is 3. The lowest BCUT2D eigenvalue weighted by Gasteiger charge is -2.15. The largest absolute Gasteiger partial charge is 0.497 e. The van der Waals surface area contributed by atoms with E-state index in [0.717, 1.165) is 17.7 Å². The third-order valence-corrected chi connectivity index (χ3v) is 6.70. The molecule has 3 aromatic carbocycles. The fourth-order valence-electron chi connectivity index (χ4n) is 3.18. The van der Waals surface area contributed by atoms with Crippen LogP contribution in [0.1, 0.15) is 11.1 Å². The highest BCUT2D eigenvalue weighted by molar-refractivity contribution is 7.92. The van der Waals surface area contributed by atoms with Crippen LogP contribution in [0.5, 0.6) is 11.5 Å². The summed E-state index contributed by atoms with van der Waals surface area (Å²) < 4.78 is 39.1. The average Bonchev–Trinajstić information content (AvgIpc) is 2.81. The maximum Gasteiger partial charge on any atom is 0.262 e. The van der Waals surface area contributed by atoms with E-state index in [2.05, 4.69) is 15.4 Å². The first-order valence-electron chi connectivity index (χ1n) is 10.3. The Hall–Kier alpha value is -3.30. The zero-order valence-electron chi connectivity index (χ0n) is 18.7. The molecule has 0 aliphatic heterocycles. The van der Waals surface area contributed by atoms with Crippen LogP contribution in [0, 0.1) is 6.92 Å². The van der Waals surface area contributed by atoms with Gasteiger partial charge in [-0.15, -0.1) is 0 Å². The summed E-state index contributed by atoms with van der Waals surface area (Å²) in [4.78, 5) is 0.152. The predicted octanol–water partition coefficient (Wildman–Crippen LogP) is 4.34. The first-order valence-corrected chi connectivity index (χ1v) is 12.2. The Morgan fingerprint density at radius 1 is 0.970 bits per heavy atom. The number of benzene rings is 3. The van der Waals surface area contributed by atoms with E-state index in [1.165, 1.54) is 7.11 Å². The molecule has 0 aliphatic carbocycles. The molecule has 3 aromatic rings. The van der Waals surface area contributed by atoms with Gasteiger partial charge in [0.05, 0.1) is 24.8 Å². The van der Waals surface area contributed by atoms with E-state index in [4.69, 9.17) is 21.7 Å². The summed E-state index contributed by atoms with van der Waals surface area (Å²) in [6.07, 6.45) is 0.780. The second-order valence-electron chi connectivity index (χ2n) is 7.27. The van der Waals surface area contributed by atoms with Crippen LogP contribution >= 0.6 is 12.2 Å². The van der Waals surface area contributed by atoms with Crippen LogP contribution in [0.3, 0.4) is 0 Å². The summed E-state index contributed by atoms with van der Waals surface area (Å²) in [5.41, 5.74) is 2.70. The smallest absolute Gasteiger partial charge is 0.262 e. The van der Waals surface area contributed by atoms with Crippen LogP contribution in [0.25, 0.3) is 0 Å². The summed E-state index contributed by atoms with van der Waals surface area (Å²) in [6, 6.07) is 19.8. The molecule has 0 atom stereocenters. The Balaban J connectivity index is 1.64. The summed E-state index contributed by atoms with van der Waals surface area (Å²) in [6.45, 7) is 2.37. The van der Waals surface area contributed by atoms with E-state index < -0.39 is 10.0 Å². The van der Waals surface area contributed by atoms with E-state index in [9.17, 15) is 8.42 Å². The standard InChI is InChI=1S/C24H27N3O4S2/c1-17-8-11-19(26-24(32)25-15-14-18-9-12-20(30-2)13-10-18)16-23(17)33(28,29)27-21-6-4-5-7-22(21)31-3/h4-13,16,27H,14-15H2,1-3H3,(H2,25,26,32). The summed E-state index contributed by atoms with van der Waals surface area (Å²) >= 11 is 5.37.